The standard InChI is InChI=1S/C16H18FNOS/c17-13-8-12(11-18-14-3-4-14)9-15(10-13)19-6-5-16-2-1-7-20-16/h1-2,7-10,14,18H,3-6,11H2. The highest BCUT2D eigenvalue weighted by molar-refractivity contribution is 7.09. The lowest BCUT2D eigenvalue weighted by molar-refractivity contribution is 0.320. The summed E-state index contributed by atoms with van der Waals surface area (Å²) in [5, 5.41) is 5.44. The minimum Gasteiger partial charge on any atom is -0.493 e. The van der Waals surface area contributed by atoms with Gasteiger partial charge in [-0.2, -0.15) is 0 Å². The van der Waals surface area contributed by atoms with E-state index in [1.165, 1.54) is 23.8 Å². The molecule has 0 bridgehead atoms. The molecule has 1 heterocycles. The van der Waals surface area contributed by atoms with Gasteiger partial charge in [0.15, 0.2) is 0 Å². The van der Waals surface area contributed by atoms with Crippen molar-refractivity contribution < 1.29 is 9.13 Å². The zero-order valence-corrected chi connectivity index (χ0v) is 12.1. The molecule has 4 heteroatoms. The Morgan fingerprint density at radius 3 is 2.95 bits per heavy atom. The lowest BCUT2D eigenvalue weighted by Crippen LogP contribution is -2.15. The maximum Gasteiger partial charge on any atom is 0.127 e. The number of nitrogens with one attached hydrogen (secondary N) is 1. The van der Waals surface area contributed by atoms with Crippen LogP contribution in [0.15, 0.2) is 35.7 Å². The molecule has 0 saturated heterocycles. The van der Waals surface area contributed by atoms with Crippen molar-refractivity contribution in [2.24, 2.45) is 0 Å². The van der Waals surface area contributed by atoms with Crippen molar-refractivity contribution in [3.05, 3.63) is 52.0 Å². The van der Waals surface area contributed by atoms with Gasteiger partial charge in [0.05, 0.1) is 6.61 Å². The normalized spacial score (nSPS) is 14.4. The largest absolute Gasteiger partial charge is 0.493 e. The maximum absolute atomic E-state index is 13.6. The van der Waals surface area contributed by atoms with Gasteiger partial charge in [0, 0.05) is 30.0 Å². The Kier molecular flexibility index (Phi) is 4.33. The number of thiophene rings is 1. The molecule has 0 aliphatic heterocycles. The monoisotopic (exact) mass is 291 g/mol. The Balaban J connectivity index is 1.54. The first-order valence-electron chi connectivity index (χ1n) is 6.97. The van der Waals surface area contributed by atoms with E-state index in [-0.39, 0.29) is 5.82 Å². The van der Waals surface area contributed by atoms with Gasteiger partial charge in [-0.1, -0.05) is 6.07 Å². The predicted molar refractivity (Wildman–Crippen MR) is 79.8 cm³/mol. The van der Waals surface area contributed by atoms with Crippen molar-refractivity contribution in [3.63, 3.8) is 0 Å². The Hall–Kier alpha value is -1.39. The molecule has 1 N–H and O–H groups in total. The molecule has 1 fully saturated rings. The maximum atomic E-state index is 13.6. The highest BCUT2D eigenvalue weighted by Gasteiger charge is 2.20. The smallest absolute Gasteiger partial charge is 0.127 e. The lowest BCUT2D eigenvalue weighted by Gasteiger charge is -2.09. The van der Waals surface area contributed by atoms with Crippen molar-refractivity contribution in [2.45, 2.75) is 31.8 Å². The molecule has 106 valence electrons. The van der Waals surface area contributed by atoms with Crippen LogP contribution in [0.1, 0.15) is 23.3 Å². The van der Waals surface area contributed by atoms with E-state index >= 15 is 0 Å². The van der Waals surface area contributed by atoms with Gasteiger partial charge in [-0.05, 0) is 42.0 Å². The molecule has 2 nitrogen and oxygen atoms in total. The van der Waals surface area contributed by atoms with Gasteiger partial charge in [-0.25, -0.2) is 4.39 Å². The van der Waals surface area contributed by atoms with Gasteiger partial charge in [0.2, 0.25) is 0 Å². The minimum absolute atomic E-state index is 0.230. The van der Waals surface area contributed by atoms with Crippen LogP contribution >= 0.6 is 11.3 Å². The first-order chi connectivity index (χ1) is 9.79. The zero-order valence-electron chi connectivity index (χ0n) is 11.3. The van der Waals surface area contributed by atoms with Crippen LogP contribution in [0.2, 0.25) is 0 Å². The van der Waals surface area contributed by atoms with Crippen LogP contribution in [-0.4, -0.2) is 12.6 Å². The Bertz CT molecular complexity index is 552. The number of halogens is 1. The molecule has 0 spiro atoms. The molecule has 1 aliphatic rings. The van der Waals surface area contributed by atoms with Crippen molar-refractivity contribution in [1.82, 2.24) is 5.32 Å². The number of rotatable bonds is 7. The summed E-state index contributed by atoms with van der Waals surface area (Å²) in [7, 11) is 0. The third-order valence-electron chi connectivity index (χ3n) is 3.30. The van der Waals surface area contributed by atoms with E-state index in [9.17, 15) is 4.39 Å². The summed E-state index contributed by atoms with van der Waals surface area (Å²) in [6.45, 7) is 1.29. The molecule has 1 aliphatic carbocycles. The molecule has 1 aromatic carbocycles. The van der Waals surface area contributed by atoms with Crippen molar-refractivity contribution in [2.75, 3.05) is 6.61 Å². The van der Waals surface area contributed by atoms with E-state index in [1.807, 2.05) is 12.1 Å². The van der Waals surface area contributed by atoms with E-state index in [0.717, 1.165) is 12.0 Å². The van der Waals surface area contributed by atoms with E-state index in [2.05, 4.69) is 16.8 Å². The van der Waals surface area contributed by atoms with Gasteiger partial charge in [0.1, 0.15) is 11.6 Å². The fourth-order valence-corrected chi connectivity index (χ4v) is 2.77. The summed E-state index contributed by atoms with van der Waals surface area (Å²) >= 11 is 1.72. The fourth-order valence-electron chi connectivity index (χ4n) is 2.08. The highest BCUT2D eigenvalue weighted by atomic mass is 32.1. The molecular weight excluding hydrogens is 273 g/mol. The molecule has 3 rings (SSSR count). The van der Waals surface area contributed by atoms with E-state index in [0.29, 0.717) is 24.9 Å². The molecule has 2 aromatic rings. The second-order valence-electron chi connectivity index (χ2n) is 5.13. The van der Waals surface area contributed by atoms with Crippen LogP contribution in [0, 0.1) is 5.82 Å². The molecular formula is C16H18FNOS. The lowest BCUT2D eigenvalue weighted by atomic mass is 10.2. The number of hydrogen-bond donors (Lipinski definition) is 1. The molecule has 20 heavy (non-hydrogen) atoms. The van der Waals surface area contributed by atoms with Crippen LogP contribution < -0.4 is 10.1 Å². The SMILES string of the molecule is Fc1cc(CNC2CC2)cc(OCCc2cccs2)c1. The zero-order chi connectivity index (χ0) is 13.8. The summed E-state index contributed by atoms with van der Waals surface area (Å²) in [6, 6.07) is 9.69. The summed E-state index contributed by atoms with van der Waals surface area (Å²) < 4.78 is 19.2. The van der Waals surface area contributed by atoms with E-state index in [1.54, 1.807) is 17.4 Å². The van der Waals surface area contributed by atoms with Gasteiger partial charge in [0.25, 0.3) is 0 Å². The Morgan fingerprint density at radius 2 is 2.20 bits per heavy atom. The molecule has 0 radical (unpaired) electrons. The van der Waals surface area contributed by atoms with Crippen LogP contribution in [-0.2, 0) is 13.0 Å². The van der Waals surface area contributed by atoms with Crippen molar-refractivity contribution >= 4 is 11.3 Å². The van der Waals surface area contributed by atoms with Gasteiger partial charge in [-0.15, -0.1) is 11.3 Å². The first-order valence-corrected chi connectivity index (χ1v) is 7.85. The quantitative estimate of drug-likeness (QED) is 0.838. The predicted octanol–water partition coefficient (Wildman–Crippen LogP) is 3.76. The Morgan fingerprint density at radius 1 is 1.30 bits per heavy atom. The topological polar surface area (TPSA) is 21.3 Å². The number of ether oxygens (including phenoxy) is 1. The highest BCUT2D eigenvalue weighted by Crippen LogP contribution is 2.21. The van der Waals surface area contributed by atoms with Gasteiger partial charge >= 0.3 is 0 Å². The summed E-state index contributed by atoms with van der Waals surface area (Å²) in [6.07, 6.45) is 3.34. The number of benzene rings is 1. The van der Waals surface area contributed by atoms with Gasteiger partial charge < -0.3 is 10.1 Å². The molecule has 0 unspecified atom stereocenters. The summed E-state index contributed by atoms with van der Waals surface area (Å²) in [5.41, 5.74) is 0.947. The van der Waals surface area contributed by atoms with Crippen LogP contribution in [0.3, 0.4) is 0 Å². The minimum atomic E-state index is -0.230. The molecule has 0 amide bonds. The molecule has 1 saturated carbocycles. The second kappa shape index (κ2) is 6.37. The van der Waals surface area contributed by atoms with Crippen LogP contribution in [0.5, 0.6) is 5.75 Å². The summed E-state index contributed by atoms with van der Waals surface area (Å²) in [4.78, 5) is 1.29. The third kappa shape index (κ3) is 4.05. The Labute approximate surface area is 122 Å². The summed E-state index contributed by atoms with van der Waals surface area (Å²) in [5.74, 6) is 0.389. The van der Waals surface area contributed by atoms with Crippen molar-refractivity contribution in [3.8, 4) is 5.75 Å². The van der Waals surface area contributed by atoms with Crippen molar-refractivity contribution in [1.29, 1.82) is 0 Å². The van der Waals surface area contributed by atoms with Crippen LogP contribution in [0.25, 0.3) is 0 Å². The fraction of sp³-hybridized carbons (Fsp3) is 0.375. The second-order valence-corrected chi connectivity index (χ2v) is 6.16. The average molecular weight is 291 g/mol. The number of hydrogen-bond acceptors (Lipinski definition) is 3. The molecule has 1 aromatic heterocycles. The third-order valence-corrected chi connectivity index (χ3v) is 4.24. The first kappa shape index (κ1) is 13.6. The average Bonchev–Trinajstić information content (AvgIpc) is 3.12. The van der Waals surface area contributed by atoms with E-state index in [4.69, 9.17) is 4.74 Å². The van der Waals surface area contributed by atoms with Gasteiger partial charge in [-0.3, -0.25) is 0 Å². The van der Waals surface area contributed by atoms with E-state index < -0.39 is 0 Å². The van der Waals surface area contributed by atoms with Crippen LogP contribution in [0.4, 0.5) is 4.39 Å². The molecule has 0 atom stereocenters.